The van der Waals surface area contributed by atoms with Crippen LogP contribution in [0.3, 0.4) is 0 Å². The molecule has 3 rings (SSSR count). The van der Waals surface area contributed by atoms with Crippen LogP contribution in [0.5, 0.6) is 0 Å². The van der Waals surface area contributed by atoms with Crippen molar-refractivity contribution >= 4 is 28.9 Å². The predicted molar refractivity (Wildman–Crippen MR) is 77.4 cm³/mol. The van der Waals surface area contributed by atoms with Crippen molar-refractivity contribution in [3.63, 3.8) is 0 Å². The van der Waals surface area contributed by atoms with Crippen molar-refractivity contribution in [3.05, 3.63) is 10.4 Å². The topological polar surface area (TPSA) is 160 Å². The zero-order valence-electron chi connectivity index (χ0n) is 11.5. The smallest absolute Gasteiger partial charge is 0.279 e. The summed E-state index contributed by atoms with van der Waals surface area (Å²) in [4.78, 5) is 22.7. The Hall–Kier alpha value is -1.66. The number of nitrogens with two attached hydrogens (primary N) is 1. The first-order valence-electron chi connectivity index (χ1n) is 6.41. The number of aliphatic hydroxyl groups excluding tert-OH is 3. The monoisotopic (exact) mass is 329 g/mol. The molecule has 2 aromatic heterocycles. The van der Waals surface area contributed by atoms with Gasteiger partial charge in [-0.15, -0.1) is 0 Å². The standard InChI is InChI=1S/C11H15N5O5S/c1-22-11-14-7-4(8(20)15-11)13-10(12)16(7)9-6(19)5(18)3(17)2-21-9/h3,5-6,9,17-19H,2H2,1H3,(H2,12,13)(H,14,15,20). The second-order valence-corrected chi connectivity index (χ2v) is 5.65. The maximum absolute atomic E-state index is 12.0. The number of hydrogen-bond donors (Lipinski definition) is 5. The molecule has 120 valence electrons. The highest BCUT2D eigenvalue weighted by atomic mass is 32.2. The van der Waals surface area contributed by atoms with Crippen molar-refractivity contribution in [1.29, 1.82) is 0 Å². The van der Waals surface area contributed by atoms with Crippen LogP contribution in [0.1, 0.15) is 6.23 Å². The third kappa shape index (κ3) is 2.27. The minimum absolute atomic E-state index is 0.00621. The number of ether oxygens (including phenoxy) is 1. The molecule has 6 N–H and O–H groups in total. The van der Waals surface area contributed by atoms with E-state index in [2.05, 4.69) is 15.0 Å². The Morgan fingerprint density at radius 3 is 2.77 bits per heavy atom. The van der Waals surface area contributed by atoms with Crippen molar-refractivity contribution in [3.8, 4) is 0 Å². The molecule has 0 spiro atoms. The van der Waals surface area contributed by atoms with E-state index >= 15 is 0 Å². The molecule has 0 aromatic carbocycles. The van der Waals surface area contributed by atoms with Crippen LogP contribution in [0.2, 0.25) is 0 Å². The van der Waals surface area contributed by atoms with E-state index in [0.29, 0.717) is 5.16 Å². The lowest BCUT2D eigenvalue weighted by atomic mass is 10.0. The maximum atomic E-state index is 12.0. The molecule has 0 saturated carbocycles. The van der Waals surface area contributed by atoms with E-state index < -0.39 is 30.1 Å². The summed E-state index contributed by atoms with van der Waals surface area (Å²) in [6.45, 7) is -0.194. The molecular formula is C11H15N5O5S. The summed E-state index contributed by atoms with van der Waals surface area (Å²) in [5, 5.41) is 29.7. The Bertz CT molecular complexity index is 761. The molecule has 3 heterocycles. The second kappa shape index (κ2) is 5.52. The summed E-state index contributed by atoms with van der Waals surface area (Å²) in [6.07, 6.45) is -3.42. The van der Waals surface area contributed by atoms with Gasteiger partial charge in [-0.25, -0.2) is 9.97 Å². The lowest BCUT2D eigenvalue weighted by Crippen LogP contribution is -2.50. The lowest BCUT2D eigenvalue weighted by Gasteiger charge is -2.36. The number of imidazole rings is 1. The fraction of sp³-hybridized carbons (Fsp3) is 0.545. The van der Waals surface area contributed by atoms with E-state index in [0.717, 1.165) is 0 Å². The molecule has 11 heteroatoms. The van der Waals surface area contributed by atoms with E-state index in [1.54, 1.807) is 6.26 Å². The summed E-state index contributed by atoms with van der Waals surface area (Å²) in [5.74, 6) is -0.0844. The van der Waals surface area contributed by atoms with Gasteiger partial charge in [0.15, 0.2) is 22.5 Å². The van der Waals surface area contributed by atoms with Gasteiger partial charge in [0.1, 0.15) is 18.3 Å². The van der Waals surface area contributed by atoms with Crippen LogP contribution in [0.25, 0.3) is 11.2 Å². The Morgan fingerprint density at radius 1 is 1.36 bits per heavy atom. The summed E-state index contributed by atoms with van der Waals surface area (Å²) < 4.78 is 6.58. The molecule has 4 atom stereocenters. The molecule has 1 aliphatic rings. The van der Waals surface area contributed by atoms with Gasteiger partial charge in [0, 0.05) is 0 Å². The largest absolute Gasteiger partial charge is 0.388 e. The lowest BCUT2D eigenvalue weighted by molar-refractivity contribution is -0.209. The minimum atomic E-state index is -1.44. The first kappa shape index (κ1) is 15.2. The van der Waals surface area contributed by atoms with Gasteiger partial charge in [-0.2, -0.15) is 0 Å². The number of anilines is 1. The van der Waals surface area contributed by atoms with Crippen LogP contribution in [0.15, 0.2) is 9.95 Å². The van der Waals surface area contributed by atoms with E-state index in [4.69, 9.17) is 10.5 Å². The zero-order valence-corrected chi connectivity index (χ0v) is 12.3. The number of rotatable bonds is 2. The van der Waals surface area contributed by atoms with Gasteiger partial charge in [0.05, 0.1) is 6.61 Å². The molecule has 10 nitrogen and oxygen atoms in total. The highest BCUT2D eigenvalue weighted by molar-refractivity contribution is 7.98. The Morgan fingerprint density at radius 2 is 2.09 bits per heavy atom. The summed E-state index contributed by atoms with van der Waals surface area (Å²) >= 11 is 1.22. The van der Waals surface area contributed by atoms with Gasteiger partial charge >= 0.3 is 0 Å². The van der Waals surface area contributed by atoms with Crippen LogP contribution in [0.4, 0.5) is 5.95 Å². The highest BCUT2D eigenvalue weighted by Crippen LogP contribution is 2.29. The maximum Gasteiger partial charge on any atom is 0.279 e. The summed E-state index contributed by atoms with van der Waals surface area (Å²) in [5.41, 5.74) is 5.48. The third-order valence-corrected chi connectivity index (χ3v) is 4.06. The summed E-state index contributed by atoms with van der Waals surface area (Å²) in [6, 6.07) is 0. The molecule has 1 saturated heterocycles. The fourth-order valence-electron chi connectivity index (χ4n) is 2.35. The number of aromatic amines is 1. The van der Waals surface area contributed by atoms with Crippen molar-refractivity contribution in [2.24, 2.45) is 0 Å². The van der Waals surface area contributed by atoms with Gasteiger partial charge in [-0.3, -0.25) is 14.3 Å². The van der Waals surface area contributed by atoms with E-state index in [1.807, 2.05) is 0 Å². The molecule has 22 heavy (non-hydrogen) atoms. The number of nitrogen functional groups attached to an aromatic ring is 1. The fourth-order valence-corrected chi connectivity index (χ4v) is 2.72. The Labute approximate surface area is 127 Å². The summed E-state index contributed by atoms with van der Waals surface area (Å²) in [7, 11) is 0. The average Bonchev–Trinajstić information content (AvgIpc) is 2.82. The molecule has 2 aromatic rings. The number of aliphatic hydroxyl groups is 3. The number of thioether (sulfide) groups is 1. The van der Waals surface area contributed by atoms with Crippen LogP contribution < -0.4 is 11.3 Å². The minimum Gasteiger partial charge on any atom is -0.388 e. The van der Waals surface area contributed by atoms with E-state index in [-0.39, 0.29) is 23.7 Å². The van der Waals surface area contributed by atoms with Crippen LogP contribution >= 0.6 is 11.8 Å². The number of nitrogens with one attached hydrogen (secondary N) is 1. The molecule has 0 bridgehead atoms. The average molecular weight is 329 g/mol. The molecule has 0 aliphatic carbocycles. The van der Waals surface area contributed by atoms with Crippen molar-refractivity contribution in [2.45, 2.75) is 29.7 Å². The number of nitrogens with zero attached hydrogens (tertiary/aromatic N) is 3. The SMILES string of the molecule is CSc1nc2c(nc(N)n2C2OCC(O)C(O)C2O)c(=O)[nH]1. The van der Waals surface area contributed by atoms with Crippen LogP contribution in [0, 0.1) is 0 Å². The van der Waals surface area contributed by atoms with Crippen molar-refractivity contribution < 1.29 is 20.1 Å². The quantitative estimate of drug-likeness (QED) is 0.311. The second-order valence-electron chi connectivity index (χ2n) is 4.86. The normalized spacial score (nSPS) is 29.1. The first-order valence-corrected chi connectivity index (χ1v) is 7.64. The zero-order chi connectivity index (χ0) is 16.0. The van der Waals surface area contributed by atoms with Gasteiger partial charge in [-0.1, -0.05) is 11.8 Å². The van der Waals surface area contributed by atoms with Crippen LogP contribution in [-0.2, 0) is 4.74 Å². The predicted octanol–water partition coefficient (Wildman–Crippen LogP) is -1.96. The van der Waals surface area contributed by atoms with Crippen LogP contribution in [-0.4, -0.2) is 66.0 Å². The molecule has 0 radical (unpaired) electrons. The molecular weight excluding hydrogens is 314 g/mol. The molecule has 1 aliphatic heterocycles. The van der Waals surface area contributed by atoms with Gasteiger partial charge in [0.2, 0.25) is 5.95 Å². The van der Waals surface area contributed by atoms with Gasteiger partial charge in [0.25, 0.3) is 5.56 Å². The Kier molecular flexibility index (Phi) is 3.82. The van der Waals surface area contributed by atoms with Gasteiger partial charge < -0.3 is 25.8 Å². The van der Waals surface area contributed by atoms with E-state index in [9.17, 15) is 20.1 Å². The van der Waals surface area contributed by atoms with Crippen molar-refractivity contribution in [1.82, 2.24) is 19.5 Å². The third-order valence-electron chi connectivity index (χ3n) is 3.48. The molecule has 4 unspecified atom stereocenters. The Balaban J connectivity index is 2.16. The number of H-pyrrole nitrogens is 1. The highest BCUT2D eigenvalue weighted by Gasteiger charge is 2.40. The number of hydrogen-bond acceptors (Lipinski definition) is 9. The van der Waals surface area contributed by atoms with Crippen molar-refractivity contribution in [2.75, 3.05) is 18.6 Å². The number of aromatic nitrogens is 4. The molecule has 0 amide bonds. The number of fused-ring (bicyclic) bond motifs is 1. The van der Waals surface area contributed by atoms with E-state index in [1.165, 1.54) is 16.3 Å². The molecule has 1 fully saturated rings. The first-order chi connectivity index (χ1) is 10.4. The van der Waals surface area contributed by atoms with Gasteiger partial charge in [-0.05, 0) is 6.26 Å².